The number of hydrogen-bond donors (Lipinski definition) is 2. The molecule has 3 aromatic rings. The molecule has 1 heterocycles. The molecule has 188 valence electrons. The summed E-state index contributed by atoms with van der Waals surface area (Å²) in [5.74, 6) is -0.443. The zero-order valence-electron chi connectivity index (χ0n) is 20.5. The van der Waals surface area contributed by atoms with Gasteiger partial charge in [0, 0.05) is 5.70 Å². The molecule has 0 aromatic heterocycles. The number of allylic oxidation sites excluding steroid dienone is 1. The van der Waals surface area contributed by atoms with Crippen molar-refractivity contribution in [1.82, 2.24) is 10.6 Å². The van der Waals surface area contributed by atoms with Gasteiger partial charge < -0.3 is 20.1 Å². The highest BCUT2D eigenvalue weighted by atomic mass is 19.1. The number of hydrogen-bond acceptors (Lipinski definition) is 5. The Bertz CT molecular complexity index is 1400. The number of esters is 1. The van der Waals surface area contributed by atoms with Gasteiger partial charge in [0.15, 0.2) is 0 Å². The lowest BCUT2D eigenvalue weighted by atomic mass is 9.93. The van der Waals surface area contributed by atoms with Crippen molar-refractivity contribution in [3.8, 4) is 11.8 Å². The number of benzene rings is 3. The number of halogens is 1. The Balaban J connectivity index is 1.69. The smallest absolute Gasteiger partial charge is 0.338 e. The van der Waals surface area contributed by atoms with E-state index in [9.17, 15) is 19.2 Å². The lowest BCUT2D eigenvalue weighted by Crippen LogP contribution is -2.46. The Morgan fingerprint density at radius 2 is 1.86 bits per heavy atom. The first-order chi connectivity index (χ1) is 17.9. The average Bonchev–Trinajstić information content (AvgIpc) is 2.91. The van der Waals surface area contributed by atoms with Crippen LogP contribution in [-0.2, 0) is 16.0 Å². The Morgan fingerprint density at radius 3 is 2.62 bits per heavy atom. The van der Waals surface area contributed by atoms with Gasteiger partial charge in [-0.2, -0.15) is 5.26 Å². The SMILES string of the molecule is COc1cccc(CCC2=C(C(=O)OC(C)c3cccc(C#N)c3)C(c3cccc(F)c3)NC(=O)N2)c1. The summed E-state index contributed by atoms with van der Waals surface area (Å²) in [6.07, 6.45) is 0.174. The third kappa shape index (κ3) is 6.14. The average molecular weight is 500 g/mol. The molecular weight excluding hydrogens is 473 g/mol. The highest BCUT2D eigenvalue weighted by molar-refractivity contribution is 5.95. The van der Waals surface area contributed by atoms with E-state index in [1.807, 2.05) is 24.3 Å². The number of aryl methyl sites for hydroxylation is 1. The predicted molar refractivity (Wildman–Crippen MR) is 135 cm³/mol. The fourth-order valence-corrected chi connectivity index (χ4v) is 4.24. The van der Waals surface area contributed by atoms with Crippen LogP contribution in [0.3, 0.4) is 0 Å². The van der Waals surface area contributed by atoms with E-state index < -0.39 is 30.0 Å². The molecular formula is C29H26FN3O4. The molecule has 0 saturated carbocycles. The molecule has 37 heavy (non-hydrogen) atoms. The number of amides is 2. The van der Waals surface area contributed by atoms with Crippen LogP contribution in [0.4, 0.5) is 9.18 Å². The Hall–Kier alpha value is -4.64. The number of carbonyl (C=O) groups excluding carboxylic acids is 2. The molecule has 1 aliphatic rings. The van der Waals surface area contributed by atoms with Crippen molar-refractivity contribution < 1.29 is 23.5 Å². The number of ether oxygens (including phenoxy) is 2. The molecule has 7 nitrogen and oxygen atoms in total. The van der Waals surface area contributed by atoms with Crippen LogP contribution < -0.4 is 15.4 Å². The van der Waals surface area contributed by atoms with Crippen LogP contribution in [-0.4, -0.2) is 19.1 Å². The Labute approximate surface area is 214 Å². The topological polar surface area (TPSA) is 100 Å². The van der Waals surface area contributed by atoms with Gasteiger partial charge in [-0.05, 0) is 72.9 Å². The second kappa shape index (κ2) is 11.4. The number of carbonyl (C=O) groups is 2. The summed E-state index contributed by atoms with van der Waals surface area (Å²) in [5.41, 5.74) is 3.06. The van der Waals surface area contributed by atoms with Gasteiger partial charge in [0.2, 0.25) is 0 Å². The quantitative estimate of drug-likeness (QED) is 0.412. The van der Waals surface area contributed by atoms with Gasteiger partial charge in [-0.15, -0.1) is 0 Å². The van der Waals surface area contributed by atoms with Crippen LogP contribution in [0.15, 0.2) is 84.1 Å². The van der Waals surface area contributed by atoms with Crippen molar-refractivity contribution in [1.29, 1.82) is 5.26 Å². The number of methoxy groups -OCH3 is 1. The maximum absolute atomic E-state index is 14.1. The van der Waals surface area contributed by atoms with Gasteiger partial charge in [-0.3, -0.25) is 0 Å². The summed E-state index contributed by atoms with van der Waals surface area (Å²) < 4.78 is 25.2. The van der Waals surface area contributed by atoms with Gasteiger partial charge in [-0.1, -0.05) is 36.4 Å². The summed E-state index contributed by atoms with van der Waals surface area (Å²) >= 11 is 0. The number of nitrogens with one attached hydrogen (secondary N) is 2. The minimum atomic E-state index is -0.907. The van der Waals surface area contributed by atoms with Crippen molar-refractivity contribution in [3.63, 3.8) is 0 Å². The Morgan fingerprint density at radius 1 is 1.08 bits per heavy atom. The normalized spacial score (nSPS) is 15.7. The molecule has 0 radical (unpaired) electrons. The van der Waals surface area contributed by atoms with E-state index in [1.165, 1.54) is 18.2 Å². The highest BCUT2D eigenvalue weighted by Gasteiger charge is 2.34. The van der Waals surface area contributed by atoms with Crippen LogP contribution in [0.2, 0.25) is 0 Å². The second-order valence-electron chi connectivity index (χ2n) is 8.62. The van der Waals surface area contributed by atoms with E-state index in [0.29, 0.717) is 41.0 Å². The molecule has 0 fully saturated rings. The monoisotopic (exact) mass is 499 g/mol. The van der Waals surface area contributed by atoms with Gasteiger partial charge in [0.1, 0.15) is 17.7 Å². The van der Waals surface area contributed by atoms with Crippen molar-refractivity contribution in [3.05, 3.63) is 112 Å². The number of nitriles is 1. The number of rotatable bonds is 8. The molecule has 2 atom stereocenters. The molecule has 2 N–H and O–H groups in total. The van der Waals surface area contributed by atoms with Crippen LogP contribution in [0, 0.1) is 17.1 Å². The maximum atomic E-state index is 14.1. The molecule has 0 spiro atoms. The fourth-order valence-electron chi connectivity index (χ4n) is 4.24. The zero-order chi connectivity index (χ0) is 26.4. The van der Waals surface area contributed by atoms with E-state index in [4.69, 9.17) is 9.47 Å². The van der Waals surface area contributed by atoms with Crippen LogP contribution in [0.25, 0.3) is 0 Å². The van der Waals surface area contributed by atoms with E-state index in [1.54, 1.807) is 44.4 Å². The second-order valence-corrected chi connectivity index (χ2v) is 8.62. The van der Waals surface area contributed by atoms with Crippen molar-refractivity contribution in [2.24, 2.45) is 0 Å². The molecule has 8 heteroatoms. The van der Waals surface area contributed by atoms with E-state index in [0.717, 1.165) is 5.56 Å². The summed E-state index contributed by atoms with van der Waals surface area (Å²) in [7, 11) is 1.58. The summed E-state index contributed by atoms with van der Waals surface area (Å²) in [6.45, 7) is 1.71. The lowest BCUT2D eigenvalue weighted by molar-refractivity contribution is -0.144. The molecule has 3 aromatic carbocycles. The first kappa shape index (κ1) is 25.5. The third-order valence-electron chi connectivity index (χ3n) is 6.12. The maximum Gasteiger partial charge on any atom is 0.338 e. The standard InChI is InChI=1S/C29H26FN3O4/c1-18(21-8-3-7-20(14-21)17-31)37-28(34)26-25(13-12-19-6-4-11-24(15-19)36-2)32-29(35)33-27(26)22-9-5-10-23(30)16-22/h3-11,14-16,18,27H,12-13H2,1-2H3,(H2,32,33,35). The van der Waals surface area contributed by atoms with Crippen LogP contribution in [0.1, 0.15) is 47.7 Å². The van der Waals surface area contributed by atoms with Crippen molar-refractivity contribution >= 4 is 12.0 Å². The largest absolute Gasteiger partial charge is 0.497 e. The first-order valence-electron chi connectivity index (χ1n) is 11.8. The highest BCUT2D eigenvalue weighted by Crippen LogP contribution is 2.32. The van der Waals surface area contributed by atoms with E-state index >= 15 is 0 Å². The van der Waals surface area contributed by atoms with Crippen molar-refractivity contribution in [2.75, 3.05) is 7.11 Å². The minimum absolute atomic E-state index is 0.191. The molecule has 0 aliphatic carbocycles. The van der Waals surface area contributed by atoms with Gasteiger partial charge >= 0.3 is 12.0 Å². The summed E-state index contributed by atoms with van der Waals surface area (Å²) in [5, 5.41) is 14.7. The van der Waals surface area contributed by atoms with Gasteiger partial charge in [-0.25, -0.2) is 14.0 Å². The molecule has 2 unspecified atom stereocenters. The fraction of sp³-hybridized carbons (Fsp3) is 0.207. The predicted octanol–water partition coefficient (Wildman–Crippen LogP) is 5.25. The molecule has 0 saturated heterocycles. The first-order valence-corrected chi connectivity index (χ1v) is 11.8. The molecule has 0 bridgehead atoms. The number of nitrogens with zero attached hydrogens (tertiary/aromatic N) is 1. The summed E-state index contributed by atoms with van der Waals surface area (Å²) in [6, 6.07) is 20.7. The zero-order valence-corrected chi connectivity index (χ0v) is 20.5. The van der Waals surface area contributed by atoms with E-state index in [-0.39, 0.29) is 5.57 Å². The Kier molecular flexibility index (Phi) is 7.84. The number of urea groups is 1. The lowest BCUT2D eigenvalue weighted by Gasteiger charge is -2.30. The molecule has 2 amide bonds. The third-order valence-corrected chi connectivity index (χ3v) is 6.12. The summed E-state index contributed by atoms with van der Waals surface area (Å²) in [4.78, 5) is 26.2. The van der Waals surface area contributed by atoms with Crippen LogP contribution in [0.5, 0.6) is 5.75 Å². The van der Waals surface area contributed by atoms with Crippen LogP contribution >= 0.6 is 0 Å². The van der Waals surface area contributed by atoms with E-state index in [2.05, 4.69) is 16.7 Å². The molecule has 1 aliphatic heterocycles. The van der Waals surface area contributed by atoms with Gasteiger partial charge in [0.25, 0.3) is 0 Å². The molecule has 4 rings (SSSR count). The van der Waals surface area contributed by atoms with Gasteiger partial charge in [0.05, 0.1) is 30.4 Å². The van der Waals surface area contributed by atoms with Crippen molar-refractivity contribution in [2.45, 2.75) is 31.9 Å². The minimum Gasteiger partial charge on any atom is -0.497 e.